The molecule has 0 radical (unpaired) electrons. The highest BCUT2D eigenvalue weighted by atomic mass is 19.1. The van der Waals surface area contributed by atoms with E-state index in [4.69, 9.17) is 9.47 Å². The van der Waals surface area contributed by atoms with Gasteiger partial charge in [0, 0.05) is 12.7 Å². The lowest BCUT2D eigenvalue weighted by atomic mass is 10.1. The fourth-order valence-corrected chi connectivity index (χ4v) is 3.74. The van der Waals surface area contributed by atoms with Crippen molar-refractivity contribution in [2.75, 3.05) is 13.7 Å². The van der Waals surface area contributed by atoms with Crippen LogP contribution in [0.3, 0.4) is 0 Å². The summed E-state index contributed by atoms with van der Waals surface area (Å²) in [5.41, 5.74) is 2.29. The zero-order chi connectivity index (χ0) is 24.9. The fraction of sp³-hybridized carbons (Fsp3) is 0.192. The van der Waals surface area contributed by atoms with Gasteiger partial charge in [0.1, 0.15) is 23.9 Å². The van der Waals surface area contributed by atoms with Gasteiger partial charge in [-0.3, -0.25) is 9.20 Å². The van der Waals surface area contributed by atoms with Crippen LogP contribution in [0.1, 0.15) is 37.7 Å². The molecule has 0 bridgehead atoms. The molecule has 1 N–H and O–H groups in total. The lowest BCUT2D eigenvalue weighted by molar-refractivity contribution is 0.0600. The van der Waals surface area contributed by atoms with E-state index in [0.717, 1.165) is 17.7 Å². The highest BCUT2D eigenvalue weighted by Crippen LogP contribution is 2.24. The van der Waals surface area contributed by atoms with Crippen molar-refractivity contribution in [2.45, 2.75) is 20.0 Å². The Labute approximate surface area is 200 Å². The number of aryl methyl sites for hydroxylation is 1. The second kappa shape index (κ2) is 10.3. The number of methoxy groups -OCH3 is 1. The number of aromatic nitrogens is 2. The Morgan fingerprint density at radius 3 is 2.54 bits per heavy atom. The van der Waals surface area contributed by atoms with Crippen LogP contribution in [-0.4, -0.2) is 34.9 Å². The van der Waals surface area contributed by atoms with Gasteiger partial charge in [-0.1, -0.05) is 18.2 Å². The number of carbonyl (C=O) groups excluding carboxylic acids is 2. The van der Waals surface area contributed by atoms with Crippen molar-refractivity contribution in [3.05, 3.63) is 101 Å². The molecule has 0 aliphatic rings. The molecular formula is C26H23F2N3O4. The molecule has 4 rings (SSSR count). The average Bonchev–Trinajstić information content (AvgIpc) is 3.20. The first-order valence-corrected chi connectivity index (χ1v) is 10.9. The van der Waals surface area contributed by atoms with Crippen LogP contribution in [0, 0.1) is 18.6 Å². The van der Waals surface area contributed by atoms with Gasteiger partial charge in [-0.05, 0) is 55.3 Å². The number of hydrogen-bond acceptors (Lipinski definition) is 5. The quantitative estimate of drug-likeness (QED) is 0.382. The molecule has 0 aliphatic heterocycles. The van der Waals surface area contributed by atoms with Gasteiger partial charge in [-0.15, -0.1) is 0 Å². The summed E-state index contributed by atoms with van der Waals surface area (Å²) in [5.74, 6) is -1.87. The maximum Gasteiger partial charge on any atom is 0.337 e. The summed E-state index contributed by atoms with van der Waals surface area (Å²) in [6.07, 6.45) is 2.18. The third kappa shape index (κ3) is 5.13. The lowest BCUT2D eigenvalue weighted by Gasteiger charge is -2.10. The number of ether oxygens (including phenoxy) is 2. The highest BCUT2D eigenvalue weighted by molar-refractivity contribution is 5.95. The Morgan fingerprint density at radius 1 is 1.06 bits per heavy atom. The lowest BCUT2D eigenvalue weighted by Crippen LogP contribution is -2.27. The van der Waals surface area contributed by atoms with Crippen molar-refractivity contribution in [1.29, 1.82) is 0 Å². The van der Waals surface area contributed by atoms with Gasteiger partial charge >= 0.3 is 5.97 Å². The van der Waals surface area contributed by atoms with Crippen LogP contribution in [-0.2, 0) is 17.8 Å². The molecule has 1 amide bonds. The van der Waals surface area contributed by atoms with E-state index in [0.29, 0.717) is 35.6 Å². The minimum Gasteiger partial charge on any atom is -0.485 e. The van der Waals surface area contributed by atoms with E-state index >= 15 is 0 Å². The summed E-state index contributed by atoms with van der Waals surface area (Å²) in [4.78, 5) is 29.1. The van der Waals surface area contributed by atoms with Gasteiger partial charge in [0.25, 0.3) is 5.91 Å². The van der Waals surface area contributed by atoms with Crippen LogP contribution in [0.25, 0.3) is 5.65 Å². The molecule has 180 valence electrons. The number of rotatable bonds is 8. The minimum atomic E-state index is -0.700. The number of halogens is 2. The number of imidazole rings is 1. The number of fused-ring (bicyclic) bond motifs is 1. The Hall–Kier alpha value is -4.27. The number of nitrogens with zero attached hydrogens (tertiary/aromatic N) is 2. The van der Waals surface area contributed by atoms with Gasteiger partial charge in [0.05, 0.1) is 23.9 Å². The predicted molar refractivity (Wildman–Crippen MR) is 124 cm³/mol. The van der Waals surface area contributed by atoms with Gasteiger partial charge in [0.15, 0.2) is 11.4 Å². The molecule has 0 saturated heterocycles. The Morgan fingerprint density at radius 2 is 1.80 bits per heavy atom. The largest absolute Gasteiger partial charge is 0.485 e. The predicted octanol–water partition coefficient (Wildman–Crippen LogP) is 4.26. The molecule has 7 nitrogen and oxygen atoms in total. The maximum atomic E-state index is 13.9. The van der Waals surface area contributed by atoms with E-state index in [2.05, 4.69) is 10.3 Å². The molecule has 35 heavy (non-hydrogen) atoms. The highest BCUT2D eigenvalue weighted by Gasteiger charge is 2.19. The molecule has 4 aromatic rings. The smallest absolute Gasteiger partial charge is 0.337 e. The van der Waals surface area contributed by atoms with E-state index in [9.17, 15) is 18.4 Å². The molecule has 0 aliphatic carbocycles. The number of benzene rings is 2. The van der Waals surface area contributed by atoms with E-state index < -0.39 is 17.6 Å². The van der Waals surface area contributed by atoms with E-state index in [1.165, 1.54) is 13.2 Å². The number of pyridine rings is 1. The van der Waals surface area contributed by atoms with Crippen LogP contribution in [0.4, 0.5) is 8.78 Å². The number of nitrogens with one attached hydrogen (secondary N) is 1. The van der Waals surface area contributed by atoms with Crippen molar-refractivity contribution in [2.24, 2.45) is 0 Å². The first-order valence-electron chi connectivity index (χ1n) is 10.9. The van der Waals surface area contributed by atoms with E-state index in [-0.39, 0.29) is 23.8 Å². The van der Waals surface area contributed by atoms with Crippen LogP contribution in [0.2, 0.25) is 0 Å². The van der Waals surface area contributed by atoms with Gasteiger partial charge in [-0.25, -0.2) is 18.6 Å². The average molecular weight is 479 g/mol. The first kappa shape index (κ1) is 23.9. The molecule has 0 saturated carbocycles. The molecular weight excluding hydrogens is 456 g/mol. The Bertz CT molecular complexity index is 1380. The molecule has 2 aromatic heterocycles. The topological polar surface area (TPSA) is 81.9 Å². The maximum absolute atomic E-state index is 13.9. The number of esters is 1. The van der Waals surface area contributed by atoms with Crippen molar-refractivity contribution in [3.8, 4) is 5.75 Å². The Kier molecular flexibility index (Phi) is 7.05. The van der Waals surface area contributed by atoms with Crippen LogP contribution in [0.5, 0.6) is 5.75 Å². The molecule has 0 fully saturated rings. The second-order valence-electron chi connectivity index (χ2n) is 7.80. The molecule has 2 aromatic carbocycles. The van der Waals surface area contributed by atoms with Crippen LogP contribution >= 0.6 is 0 Å². The van der Waals surface area contributed by atoms with Gasteiger partial charge < -0.3 is 14.8 Å². The van der Waals surface area contributed by atoms with Crippen molar-refractivity contribution < 1.29 is 27.8 Å². The zero-order valence-corrected chi connectivity index (χ0v) is 19.2. The summed E-state index contributed by atoms with van der Waals surface area (Å²) >= 11 is 0. The van der Waals surface area contributed by atoms with Crippen LogP contribution in [0.15, 0.2) is 60.8 Å². The normalized spacial score (nSPS) is 10.9. The van der Waals surface area contributed by atoms with E-state index in [1.807, 2.05) is 6.07 Å². The van der Waals surface area contributed by atoms with Gasteiger partial charge in [0.2, 0.25) is 0 Å². The van der Waals surface area contributed by atoms with Crippen molar-refractivity contribution in [1.82, 2.24) is 14.7 Å². The SMILES string of the molecule is COC(=O)c1cccc(CCNC(=O)c2c(C)nc3c(OCc4c(F)cccc4F)cccn23)c1. The third-order valence-corrected chi connectivity index (χ3v) is 5.48. The summed E-state index contributed by atoms with van der Waals surface area (Å²) in [7, 11) is 1.32. The number of amides is 1. The van der Waals surface area contributed by atoms with E-state index in [1.54, 1.807) is 47.9 Å². The van der Waals surface area contributed by atoms with Gasteiger partial charge in [-0.2, -0.15) is 0 Å². The summed E-state index contributed by atoms with van der Waals surface area (Å²) < 4.78 is 39.9. The summed E-state index contributed by atoms with van der Waals surface area (Å²) in [6, 6.07) is 13.9. The number of hydrogen-bond donors (Lipinski definition) is 1. The third-order valence-electron chi connectivity index (χ3n) is 5.48. The molecule has 0 unspecified atom stereocenters. The van der Waals surface area contributed by atoms with Crippen LogP contribution < -0.4 is 10.1 Å². The van der Waals surface area contributed by atoms with Crippen molar-refractivity contribution in [3.63, 3.8) is 0 Å². The summed E-state index contributed by atoms with van der Waals surface area (Å²) in [6.45, 7) is 1.71. The molecule has 9 heteroatoms. The first-order chi connectivity index (χ1) is 16.9. The fourth-order valence-electron chi connectivity index (χ4n) is 3.74. The summed E-state index contributed by atoms with van der Waals surface area (Å²) in [5, 5.41) is 2.87. The Balaban J connectivity index is 1.47. The molecule has 0 atom stereocenters. The second-order valence-corrected chi connectivity index (χ2v) is 7.80. The zero-order valence-electron chi connectivity index (χ0n) is 19.2. The molecule has 0 spiro atoms. The monoisotopic (exact) mass is 479 g/mol. The molecule has 2 heterocycles. The minimum absolute atomic E-state index is 0.188. The standard InChI is InChI=1S/C26H23F2N3O4/c1-16-23(25(32)29-12-11-17-6-3-7-18(14-17)26(33)34-2)31-13-5-10-22(24(31)30-16)35-15-19-20(27)8-4-9-21(19)28/h3-10,13-14H,11-12,15H2,1-2H3,(H,29,32). The number of carbonyl (C=O) groups is 2. The van der Waals surface area contributed by atoms with Crippen molar-refractivity contribution >= 4 is 17.5 Å².